The van der Waals surface area contributed by atoms with E-state index in [9.17, 15) is 14.9 Å². The second-order valence-corrected chi connectivity index (χ2v) is 8.19. The number of aryl methyl sites for hydroxylation is 2. The van der Waals surface area contributed by atoms with Crippen LogP contribution < -0.4 is 15.5 Å². The molecule has 3 heterocycles. The molecule has 3 N–H and O–H groups in total. The average molecular weight is 465 g/mol. The molecule has 5 rings (SSSR count). The van der Waals surface area contributed by atoms with Gasteiger partial charge in [0.25, 0.3) is 5.69 Å². The highest BCUT2D eigenvalue weighted by molar-refractivity contribution is 5.85. The number of aromatic amines is 1. The monoisotopic (exact) mass is 464 g/mol. The van der Waals surface area contributed by atoms with Crippen molar-refractivity contribution in [3.8, 4) is 0 Å². The van der Waals surface area contributed by atoms with Crippen molar-refractivity contribution in [1.29, 1.82) is 0 Å². The maximum atomic E-state index is 11.3. The van der Waals surface area contributed by atoms with E-state index in [-0.39, 0.29) is 10.6 Å². The molecule has 0 fully saturated rings. The summed E-state index contributed by atoms with van der Waals surface area (Å²) < 4.78 is 4.63. The summed E-state index contributed by atoms with van der Waals surface area (Å²) in [5.41, 5.74) is 6.54. The van der Waals surface area contributed by atoms with Gasteiger partial charge in [0.1, 0.15) is 0 Å². The Morgan fingerprint density at radius 1 is 1.21 bits per heavy atom. The van der Waals surface area contributed by atoms with Gasteiger partial charge in [0.2, 0.25) is 0 Å². The van der Waals surface area contributed by atoms with Crippen molar-refractivity contribution in [3.63, 3.8) is 0 Å². The normalized spacial score (nSPS) is 14.0. The largest absolute Gasteiger partial charge is 0.453 e. The summed E-state index contributed by atoms with van der Waals surface area (Å²) in [5.74, 6) is 0. The number of imidazole rings is 1. The molecule has 1 amide bonds. The van der Waals surface area contributed by atoms with Crippen LogP contribution in [0, 0.1) is 10.1 Å². The molecular formula is C24H28N6O4. The Morgan fingerprint density at radius 3 is 2.79 bits per heavy atom. The van der Waals surface area contributed by atoms with Gasteiger partial charge in [-0.25, -0.2) is 9.78 Å². The van der Waals surface area contributed by atoms with Crippen LogP contribution >= 0.6 is 0 Å². The van der Waals surface area contributed by atoms with E-state index in [2.05, 4.69) is 36.3 Å². The lowest BCUT2D eigenvalue weighted by Crippen LogP contribution is -2.29. The Morgan fingerprint density at radius 2 is 2.03 bits per heavy atom. The number of H-pyrrole nitrogens is 1. The van der Waals surface area contributed by atoms with E-state index in [1.807, 2.05) is 24.4 Å². The van der Waals surface area contributed by atoms with Gasteiger partial charge in [0, 0.05) is 48.5 Å². The number of benzene rings is 2. The van der Waals surface area contributed by atoms with Crippen molar-refractivity contribution >= 4 is 28.8 Å². The first-order valence-electron chi connectivity index (χ1n) is 11.2. The van der Waals surface area contributed by atoms with E-state index in [1.165, 1.54) is 18.2 Å². The maximum absolute atomic E-state index is 11.3. The minimum Gasteiger partial charge on any atom is -0.453 e. The predicted molar refractivity (Wildman–Crippen MR) is 130 cm³/mol. The highest BCUT2D eigenvalue weighted by Crippen LogP contribution is 2.31. The summed E-state index contributed by atoms with van der Waals surface area (Å²) in [6.07, 6.45) is 7.38. The first-order chi connectivity index (χ1) is 16.5. The first kappa shape index (κ1) is 23.1. The number of nitrogens with zero attached hydrogens (tertiary/aromatic N) is 3. The summed E-state index contributed by atoms with van der Waals surface area (Å²) in [7, 11) is 1.36. The van der Waals surface area contributed by atoms with Crippen LogP contribution in [0.2, 0.25) is 0 Å². The standard InChI is InChI=1S/C15H18N4O2.C9H10N2O2/c1-21-15(20)18-12-5-4-11-3-2-6-19(14(11)7-12)9-13-8-16-10-17-13;12-11(13)8-4-3-7-2-1-5-10-9(7)6-8/h4-5,7-8,10H,2-3,6,9H2,1H3,(H,16,17)(H,18,20);3-4,6,10H,1-2,5H2. The van der Waals surface area contributed by atoms with E-state index in [4.69, 9.17) is 0 Å². The number of ether oxygens (including phenoxy) is 1. The number of non-ortho nitro benzene ring substituents is 1. The average Bonchev–Trinajstić information content (AvgIpc) is 3.37. The third kappa shape index (κ3) is 5.64. The number of hydrogen-bond donors (Lipinski definition) is 3. The fraction of sp³-hybridized carbons (Fsp3) is 0.333. The number of nitro benzene ring substituents is 1. The summed E-state index contributed by atoms with van der Waals surface area (Å²) in [6.45, 7) is 2.69. The fourth-order valence-electron chi connectivity index (χ4n) is 4.20. The molecule has 34 heavy (non-hydrogen) atoms. The lowest BCUT2D eigenvalue weighted by molar-refractivity contribution is -0.384. The number of methoxy groups -OCH3 is 1. The van der Waals surface area contributed by atoms with Gasteiger partial charge >= 0.3 is 6.09 Å². The quantitative estimate of drug-likeness (QED) is 0.384. The van der Waals surface area contributed by atoms with Crippen LogP contribution in [0.4, 0.5) is 27.5 Å². The fourth-order valence-corrected chi connectivity index (χ4v) is 4.20. The highest BCUT2D eigenvalue weighted by Gasteiger charge is 2.18. The number of rotatable bonds is 4. The van der Waals surface area contributed by atoms with Crippen molar-refractivity contribution in [3.05, 3.63) is 75.9 Å². The highest BCUT2D eigenvalue weighted by atomic mass is 16.6. The van der Waals surface area contributed by atoms with Crippen LogP contribution in [0.1, 0.15) is 29.7 Å². The third-order valence-corrected chi connectivity index (χ3v) is 5.89. The minimum atomic E-state index is -0.453. The van der Waals surface area contributed by atoms with Crippen LogP contribution in [-0.2, 0) is 24.1 Å². The van der Waals surface area contributed by atoms with Crippen LogP contribution in [-0.4, -0.2) is 41.2 Å². The Hall–Kier alpha value is -4.08. The number of nitrogens with one attached hydrogen (secondary N) is 3. The molecule has 2 aromatic carbocycles. The lowest BCUT2D eigenvalue weighted by Gasteiger charge is -2.31. The molecule has 2 aliphatic heterocycles. The molecular weight excluding hydrogens is 436 g/mol. The zero-order valence-electron chi connectivity index (χ0n) is 19.0. The van der Waals surface area contributed by atoms with Gasteiger partial charge in [-0.3, -0.25) is 15.4 Å². The molecule has 0 atom stereocenters. The van der Waals surface area contributed by atoms with Crippen LogP contribution in [0.5, 0.6) is 0 Å². The molecule has 2 aliphatic rings. The molecule has 10 heteroatoms. The van der Waals surface area contributed by atoms with Gasteiger partial charge in [-0.05, 0) is 48.9 Å². The smallest absolute Gasteiger partial charge is 0.411 e. The number of fused-ring (bicyclic) bond motifs is 2. The third-order valence-electron chi connectivity index (χ3n) is 5.89. The Kier molecular flexibility index (Phi) is 7.26. The molecule has 0 radical (unpaired) electrons. The van der Waals surface area contributed by atoms with E-state index in [1.54, 1.807) is 18.5 Å². The van der Waals surface area contributed by atoms with Gasteiger partial charge in [0.05, 0.1) is 30.6 Å². The number of carbonyl (C=O) groups excluding carboxylic acids is 1. The molecule has 0 bridgehead atoms. The van der Waals surface area contributed by atoms with Crippen molar-refractivity contribution in [1.82, 2.24) is 9.97 Å². The maximum Gasteiger partial charge on any atom is 0.411 e. The van der Waals surface area contributed by atoms with Crippen LogP contribution in [0.3, 0.4) is 0 Å². The van der Waals surface area contributed by atoms with Gasteiger partial charge < -0.3 is 19.9 Å². The van der Waals surface area contributed by atoms with Crippen molar-refractivity contribution in [2.75, 3.05) is 35.7 Å². The topological polar surface area (TPSA) is 125 Å². The summed E-state index contributed by atoms with van der Waals surface area (Å²) in [5, 5.41) is 16.3. The molecule has 3 aromatic rings. The molecule has 10 nitrogen and oxygen atoms in total. The Labute approximate surface area is 197 Å². The number of nitro groups is 1. The summed E-state index contributed by atoms with van der Waals surface area (Å²) in [6, 6.07) is 11.0. The minimum absolute atomic E-state index is 0.160. The van der Waals surface area contributed by atoms with E-state index < -0.39 is 6.09 Å². The van der Waals surface area contributed by atoms with E-state index >= 15 is 0 Å². The van der Waals surface area contributed by atoms with Crippen LogP contribution in [0.25, 0.3) is 0 Å². The second-order valence-electron chi connectivity index (χ2n) is 8.19. The predicted octanol–water partition coefficient (Wildman–Crippen LogP) is 4.49. The van der Waals surface area contributed by atoms with E-state index in [0.29, 0.717) is 0 Å². The Bertz CT molecular complexity index is 1150. The van der Waals surface area contributed by atoms with Gasteiger partial charge in [0.15, 0.2) is 0 Å². The van der Waals surface area contributed by atoms with Gasteiger partial charge in [-0.2, -0.15) is 0 Å². The zero-order chi connectivity index (χ0) is 23.9. The molecule has 1 aromatic heterocycles. The van der Waals surface area contributed by atoms with Gasteiger partial charge in [-0.15, -0.1) is 0 Å². The number of anilines is 3. The molecule has 178 valence electrons. The Balaban J connectivity index is 0.000000180. The van der Waals surface area contributed by atoms with Crippen molar-refractivity contribution in [2.24, 2.45) is 0 Å². The van der Waals surface area contributed by atoms with Crippen LogP contribution in [0.15, 0.2) is 48.9 Å². The van der Waals surface area contributed by atoms with E-state index in [0.717, 1.165) is 68.1 Å². The molecule has 0 unspecified atom stereocenters. The zero-order valence-corrected chi connectivity index (χ0v) is 19.0. The summed E-state index contributed by atoms with van der Waals surface area (Å²) >= 11 is 0. The molecule has 0 saturated carbocycles. The van der Waals surface area contributed by atoms with Gasteiger partial charge in [-0.1, -0.05) is 12.1 Å². The number of amides is 1. The number of carbonyl (C=O) groups is 1. The molecule has 0 spiro atoms. The SMILES string of the molecule is COC(=O)Nc1ccc2c(c1)N(Cc1cnc[nH]1)CCC2.O=[N+]([O-])c1ccc2c(c1)NCCC2. The molecule has 0 aliphatic carbocycles. The van der Waals surface area contributed by atoms with Crippen molar-refractivity contribution in [2.45, 2.75) is 32.2 Å². The lowest BCUT2D eigenvalue weighted by atomic mass is 10.0. The first-order valence-corrected chi connectivity index (χ1v) is 11.2. The van der Waals surface area contributed by atoms with Crippen molar-refractivity contribution < 1.29 is 14.5 Å². The molecule has 0 saturated heterocycles. The number of aromatic nitrogens is 2. The number of hydrogen-bond acceptors (Lipinski definition) is 7. The second kappa shape index (κ2) is 10.7. The summed E-state index contributed by atoms with van der Waals surface area (Å²) in [4.78, 5) is 30.9.